The number of benzene rings is 2. The van der Waals surface area contributed by atoms with Gasteiger partial charge in [-0.25, -0.2) is 0 Å². The molecule has 18 heavy (non-hydrogen) atoms. The monoisotopic (exact) mass is 242 g/mol. The van der Waals surface area contributed by atoms with Gasteiger partial charge < -0.3 is 9.84 Å². The van der Waals surface area contributed by atoms with Crippen LogP contribution < -0.4 is 4.74 Å². The molecule has 1 N–H and O–H groups in total. The summed E-state index contributed by atoms with van der Waals surface area (Å²) in [4.78, 5) is 0. The fourth-order valence-corrected chi connectivity index (χ4v) is 1.88. The first-order valence-corrected chi connectivity index (χ1v) is 6.17. The average molecular weight is 242 g/mol. The maximum Gasteiger partial charge on any atom is 0.130 e. The van der Waals surface area contributed by atoms with Gasteiger partial charge in [-0.1, -0.05) is 44.2 Å². The van der Waals surface area contributed by atoms with E-state index in [0.29, 0.717) is 5.92 Å². The van der Waals surface area contributed by atoms with E-state index in [9.17, 15) is 0 Å². The highest BCUT2D eigenvalue weighted by molar-refractivity contribution is 5.40. The van der Waals surface area contributed by atoms with Crippen molar-refractivity contribution in [3.63, 3.8) is 0 Å². The highest BCUT2D eigenvalue weighted by atomic mass is 16.5. The van der Waals surface area contributed by atoms with Crippen LogP contribution in [0, 0.1) is 0 Å². The largest absolute Gasteiger partial charge is 0.457 e. The molecule has 0 fully saturated rings. The van der Waals surface area contributed by atoms with Gasteiger partial charge >= 0.3 is 0 Å². The maximum absolute atomic E-state index is 9.12. The molecule has 0 heterocycles. The molecular formula is C16H18O2. The third kappa shape index (κ3) is 2.90. The molecule has 2 rings (SSSR count). The van der Waals surface area contributed by atoms with E-state index in [2.05, 4.69) is 19.9 Å². The van der Waals surface area contributed by atoms with Gasteiger partial charge in [0.2, 0.25) is 0 Å². The Morgan fingerprint density at radius 3 is 2.56 bits per heavy atom. The summed E-state index contributed by atoms with van der Waals surface area (Å²) < 4.78 is 5.90. The fraction of sp³-hybridized carbons (Fsp3) is 0.250. The van der Waals surface area contributed by atoms with Crippen LogP contribution in [-0.4, -0.2) is 5.11 Å². The molecule has 0 saturated carbocycles. The van der Waals surface area contributed by atoms with Crippen molar-refractivity contribution < 1.29 is 9.84 Å². The van der Waals surface area contributed by atoms with Gasteiger partial charge in [-0.3, -0.25) is 0 Å². The molecule has 2 nitrogen and oxygen atoms in total. The van der Waals surface area contributed by atoms with Crippen molar-refractivity contribution in [2.24, 2.45) is 0 Å². The Labute approximate surface area is 108 Å². The van der Waals surface area contributed by atoms with Crippen LogP contribution in [0.25, 0.3) is 0 Å². The molecule has 0 unspecified atom stereocenters. The van der Waals surface area contributed by atoms with E-state index < -0.39 is 0 Å². The van der Waals surface area contributed by atoms with Gasteiger partial charge in [0.1, 0.15) is 11.5 Å². The molecule has 94 valence electrons. The van der Waals surface area contributed by atoms with E-state index in [1.165, 1.54) is 5.56 Å². The lowest BCUT2D eigenvalue weighted by atomic mass is 10.0. The van der Waals surface area contributed by atoms with E-state index in [1.807, 2.05) is 42.5 Å². The first-order chi connectivity index (χ1) is 8.70. The number of hydrogen-bond donors (Lipinski definition) is 1. The lowest BCUT2D eigenvalue weighted by Crippen LogP contribution is -1.94. The van der Waals surface area contributed by atoms with Crippen LogP contribution in [0.3, 0.4) is 0 Å². The molecule has 0 radical (unpaired) electrons. The lowest BCUT2D eigenvalue weighted by Gasteiger charge is -2.13. The molecule has 0 aliphatic rings. The number of ether oxygens (including phenoxy) is 1. The smallest absolute Gasteiger partial charge is 0.130 e. The van der Waals surface area contributed by atoms with Gasteiger partial charge in [0.25, 0.3) is 0 Å². The Hall–Kier alpha value is -1.80. The molecule has 0 bridgehead atoms. The van der Waals surface area contributed by atoms with Gasteiger partial charge in [-0.2, -0.15) is 0 Å². The van der Waals surface area contributed by atoms with Gasteiger partial charge in [0, 0.05) is 0 Å². The van der Waals surface area contributed by atoms with Crippen LogP contribution in [-0.2, 0) is 6.61 Å². The number of rotatable bonds is 4. The second-order valence-electron chi connectivity index (χ2n) is 4.60. The summed E-state index contributed by atoms with van der Waals surface area (Å²) in [6.07, 6.45) is 0. The number of aliphatic hydroxyl groups is 1. The van der Waals surface area contributed by atoms with E-state index in [4.69, 9.17) is 9.84 Å². The SMILES string of the molecule is CC(C)c1ccccc1Oc1cccc(CO)c1. The molecule has 0 atom stereocenters. The van der Waals surface area contributed by atoms with Gasteiger partial charge in [0.15, 0.2) is 0 Å². The highest BCUT2D eigenvalue weighted by Gasteiger charge is 2.07. The topological polar surface area (TPSA) is 29.5 Å². The van der Waals surface area contributed by atoms with Crippen LogP contribution in [0.2, 0.25) is 0 Å². The summed E-state index contributed by atoms with van der Waals surface area (Å²) in [6.45, 7) is 4.32. The van der Waals surface area contributed by atoms with Gasteiger partial charge in [-0.15, -0.1) is 0 Å². The van der Waals surface area contributed by atoms with Crippen molar-refractivity contribution in [2.45, 2.75) is 26.4 Å². The minimum atomic E-state index is 0.0308. The van der Waals surface area contributed by atoms with Crippen molar-refractivity contribution in [2.75, 3.05) is 0 Å². The van der Waals surface area contributed by atoms with Crippen molar-refractivity contribution in [3.05, 3.63) is 59.7 Å². The Bertz CT molecular complexity index is 518. The second kappa shape index (κ2) is 5.69. The zero-order chi connectivity index (χ0) is 13.0. The number of para-hydroxylation sites is 1. The van der Waals surface area contributed by atoms with Crippen molar-refractivity contribution in [1.29, 1.82) is 0 Å². The predicted octanol–water partition coefficient (Wildman–Crippen LogP) is 4.09. The maximum atomic E-state index is 9.12. The summed E-state index contributed by atoms with van der Waals surface area (Å²) in [7, 11) is 0. The zero-order valence-corrected chi connectivity index (χ0v) is 10.8. The first kappa shape index (κ1) is 12.7. The molecule has 0 saturated heterocycles. The Morgan fingerprint density at radius 1 is 1.06 bits per heavy atom. The van der Waals surface area contributed by atoms with Crippen molar-refractivity contribution in [1.82, 2.24) is 0 Å². The quantitative estimate of drug-likeness (QED) is 0.874. The van der Waals surface area contributed by atoms with E-state index >= 15 is 0 Å². The van der Waals surface area contributed by atoms with E-state index in [-0.39, 0.29) is 6.61 Å². The van der Waals surface area contributed by atoms with Crippen LogP contribution in [0.1, 0.15) is 30.9 Å². The van der Waals surface area contributed by atoms with Gasteiger partial charge in [0.05, 0.1) is 6.61 Å². The van der Waals surface area contributed by atoms with E-state index in [1.54, 1.807) is 0 Å². The van der Waals surface area contributed by atoms with Crippen LogP contribution in [0.5, 0.6) is 11.5 Å². The Morgan fingerprint density at radius 2 is 1.83 bits per heavy atom. The molecule has 2 aromatic rings. The molecular weight excluding hydrogens is 224 g/mol. The molecule has 0 amide bonds. The highest BCUT2D eigenvalue weighted by Crippen LogP contribution is 2.30. The third-order valence-corrected chi connectivity index (χ3v) is 2.85. The summed E-state index contributed by atoms with van der Waals surface area (Å²) in [5, 5.41) is 9.12. The van der Waals surface area contributed by atoms with E-state index in [0.717, 1.165) is 17.1 Å². The van der Waals surface area contributed by atoms with Crippen molar-refractivity contribution >= 4 is 0 Å². The summed E-state index contributed by atoms with van der Waals surface area (Å²) >= 11 is 0. The van der Waals surface area contributed by atoms with Crippen LogP contribution in [0.15, 0.2) is 48.5 Å². The summed E-state index contributed by atoms with van der Waals surface area (Å²) in [5.74, 6) is 2.06. The second-order valence-corrected chi connectivity index (χ2v) is 4.60. The lowest BCUT2D eigenvalue weighted by molar-refractivity contribution is 0.281. The first-order valence-electron chi connectivity index (χ1n) is 6.17. The zero-order valence-electron chi connectivity index (χ0n) is 10.8. The summed E-state index contributed by atoms with van der Waals surface area (Å²) in [5.41, 5.74) is 2.04. The fourth-order valence-electron chi connectivity index (χ4n) is 1.88. The van der Waals surface area contributed by atoms with Crippen molar-refractivity contribution in [3.8, 4) is 11.5 Å². The molecule has 0 aliphatic heterocycles. The standard InChI is InChI=1S/C16H18O2/c1-12(2)15-8-3-4-9-16(15)18-14-7-5-6-13(10-14)11-17/h3-10,12,17H,11H2,1-2H3. The third-order valence-electron chi connectivity index (χ3n) is 2.85. The Kier molecular flexibility index (Phi) is 4.00. The molecule has 0 spiro atoms. The number of aliphatic hydroxyl groups excluding tert-OH is 1. The number of hydrogen-bond acceptors (Lipinski definition) is 2. The molecule has 0 aliphatic carbocycles. The minimum absolute atomic E-state index is 0.0308. The Balaban J connectivity index is 2.28. The minimum Gasteiger partial charge on any atom is -0.457 e. The summed E-state index contributed by atoms with van der Waals surface area (Å²) in [6, 6.07) is 15.6. The van der Waals surface area contributed by atoms with Crippen LogP contribution in [0.4, 0.5) is 0 Å². The molecule has 2 heteroatoms. The average Bonchev–Trinajstić information content (AvgIpc) is 2.39. The predicted molar refractivity (Wildman–Crippen MR) is 73.0 cm³/mol. The van der Waals surface area contributed by atoms with Gasteiger partial charge in [-0.05, 0) is 35.2 Å². The van der Waals surface area contributed by atoms with Crippen LogP contribution >= 0.6 is 0 Å². The normalized spacial score (nSPS) is 10.7. The molecule has 0 aromatic heterocycles. The molecule has 2 aromatic carbocycles.